The molecule has 22 heavy (non-hydrogen) atoms. The van der Waals surface area contributed by atoms with Crippen LogP contribution >= 0.6 is 0 Å². The first kappa shape index (κ1) is 20.2. The summed E-state index contributed by atoms with van der Waals surface area (Å²) in [6.07, 6.45) is 9.89. The highest BCUT2D eigenvalue weighted by Gasteiger charge is 2.08. The van der Waals surface area contributed by atoms with Crippen molar-refractivity contribution in [2.45, 2.75) is 26.7 Å². The zero-order valence-electron chi connectivity index (χ0n) is 14.5. The van der Waals surface area contributed by atoms with Gasteiger partial charge >= 0.3 is 0 Å². The fraction of sp³-hybridized carbons (Fsp3) is 0.400. The van der Waals surface area contributed by atoms with Crippen LogP contribution in [-0.2, 0) is 6.42 Å². The summed E-state index contributed by atoms with van der Waals surface area (Å²) in [5.41, 5.74) is 2.82. The summed E-state index contributed by atoms with van der Waals surface area (Å²) in [6, 6.07) is 8.73. The van der Waals surface area contributed by atoms with E-state index < -0.39 is 0 Å². The number of nitrogens with zero attached hydrogens (tertiary/aromatic N) is 1. The van der Waals surface area contributed by atoms with Gasteiger partial charge < -0.3 is 10.2 Å². The second-order valence-corrected chi connectivity index (χ2v) is 4.93. The van der Waals surface area contributed by atoms with Crippen molar-refractivity contribution in [1.29, 1.82) is 0 Å². The second-order valence-electron chi connectivity index (χ2n) is 4.93. The van der Waals surface area contributed by atoms with E-state index in [1.54, 1.807) is 12.2 Å². The van der Waals surface area contributed by atoms with Gasteiger partial charge in [-0.15, -0.1) is 0 Å². The molecule has 122 valence electrons. The number of hydrogen-bond acceptors (Lipinski definition) is 2. The summed E-state index contributed by atoms with van der Waals surface area (Å²) in [5.74, 6) is 0. The minimum atomic E-state index is 0.997. The first-order valence-corrected chi connectivity index (χ1v) is 8.07. The quantitative estimate of drug-likeness (QED) is 0.407. The van der Waals surface area contributed by atoms with Gasteiger partial charge in [0.25, 0.3) is 0 Å². The molecule has 2 heteroatoms. The molecule has 0 saturated heterocycles. The molecule has 0 fully saturated rings. The summed E-state index contributed by atoms with van der Waals surface area (Å²) in [7, 11) is 2.01. The van der Waals surface area contributed by atoms with Crippen LogP contribution in [0.3, 0.4) is 0 Å². The lowest BCUT2D eigenvalue weighted by Crippen LogP contribution is -2.27. The second kappa shape index (κ2) is 14.2. The molecule has 0 unspecified atom stereocenters. The Morgan fingerprint density at radius 2 is 1.86 bits per heavy atom. The average molecular weight is 300 g/mol. The third-order valence-corrected chi connectivity index (χ3v) is 3.30. The maximum Gasteiger partial charge on any atom is 0.0401 e. The molecule has 0 aliphatic heterocycles. The minimum absolute atomic E-state index is 0.997. The molecule has 0 atom stereocenters. The smallest absolute Gasteiger partial charge is 0.0401 e. The molecule has 0 aliphatic carbocycles. The van der Waals surface area contributed by atoms with Gasteiger partial charge in [-0.3, -0.25) is 0 Å². The lowest BCUT2D eigenvalue weighted by atomic mass is 10.1. The van der Waals surface area contributed by atoms with Gasteiger partial charge in [-0.1, -0.05) is 62.6 Å². The topological polar surface area (TPSA) is 15.3 Å². The van der Waals surface area contributed by atoms with Crippen LogP contribution in [0, 0.1) is 0 Å². The normalized spacial score (nSPS) is 9.95. The lowest BCUT2D eigenvalue weighted by molar-refractivity contribution is 0.700. The first-order chi connectivity index (χ1) is 10.7. The van der Waals surface area contributed by atoms with E-state index in [4.69, 9.17) is 0 Å². The van der Waals surface area contributed by atoms with E-state index in [0.717, 1.165) is 26.1 Å². The molecular formula is C20H32N2. The van der Waals surface area contributed by atoms with E-state index in [9.17, 15) is 0 Å². The molecule has 0 saturated carbocycles. The molecule has 0 bridgehead atoms. The van der Waals surface area contributed by atoms with Gasteiger partial charge in [0.15, 0.2) is 0 Å². The fourth-order valence-corrected chi connectivity index (χ4v) is 2.11. The molecule has 2 nitrogen and oxygen atoms in total. The fourth-order valence-electron chi connectivity index (χ4n) is 2.11. The summed E-state index contributed by atoms with van der Waals surface area (Å²) in [6.45, 7) is 14.2. The Morgan fingerprint density at radius 3 is 2.41 bits per heavy atom. The van der Waals surface area contributed by atoms with Crippen molar-refractivity contribution in [2.24, 2.45) is 0 Å². The zero-order chi connectivity index (χ0) is 16.6. The largest absolute Gasteiger partial charge is 0.368 e. The van der Waals surface area contributed by atoms with Crippen LogP contribution in [0.1, 0.15) is 25.8 Å². The highest BCUT2D eigenvalue weighted by molar-refractivity contribution is 5.54. The Bertz CT molecular complexity index is 429. The van der Waals surface area contributed by atoms with Crippen molar-refractivity contribution in [1.82, 2.24) is 5.32 Å². The van der Waals surface area contributed by atoms with E-state index in [1.165, 1.54) is 17.7 Å². The molecule has 1 N–H and O–H groups in total. The van der Waals surface area contributed by atoms with Crippen LogP contribution in [-0.4, -0.2) is 26.7 Å². The molecule has 1 aromatic carbocycles. The minimum Gasteiger partial charge on any atom is -0.368 e. The van der Waals surface area contributed by atoms with Crippen molar-refractivity contribution < 1.29 is 0 Å². The van der Waals surface area contributed by atoms with Crippen molar-refractivity contribution in [3.8, 4) is 0 Å². The van der Waals surface area contributed by atoms with E-state index in [0.29, 0.717) is 0 Å². The summed E-state index contributed by atoms with van der Waals surface area (Å²) < 4.78 is 0. The maximum absolute atomic E-state index is 3.36. The van der Waals surface area contributed by atoms with Crippen LogP contribution in [0.5, 0.6) is 0 Å². The number of hydrogen-bond donors (Lipinski definition) is 1. The van der Waals surface area contributed by atoms with Crippen LogP contribution < -0.4 is 10.2 Å². The SMILES string of the molecule is C/C=C\CN(CCCNC)c1ccccc1CC.C=CC=C. The Kier molecular flexibility index (Phi) is 13.0. The highest BCUT2D eigenvalue weighted by atomic mass is 15.1. The van der Waals surface area contributed by atoms with E-state index >= 15 is 0 Å². The van der Waals surface area contributed by atoms with Gasteiger partial charge in [0.2, 0.25) is 0 Å². The molecule has 0 aromatic heterocycles. The van der Waals surface area contributed by atoms with Crippen molar-refractivity contribution in [3.05, 3.63) is 67.3 Å². The highest BCUT2D eigenvalue weighted by Crippen LogP contribution is 2.21. The lowest BCUT2D eigenvalue weighted by Gasteiger charge is -2.26. The van der Waals surface area contributed by atoms with Crippen LogP contribution in [0.15, 0.2) is 61.7 Å². The predicted molar refractivity (Wildman–Crippen MR) is 102 cm³/mol. The number of benzene rings is 1. The van der Waals surface area contributed by atoms with Crippen LogP contribution in [0.4, 0.5) is 5.69 Å². The Morgan fingerprint density at radius 1 is 1.18 bits per heavy atom. The maximum atomic E-state index is 3.36. The van der Waals surface area contributed by atoms with E-state index in [1.807, 2.05) is 7.05 Å². The first-order valence-electron chi connectivity index (χ1n) is 8.07. The molecule has 0 radical (unpaired) electrons. The van der Waals surface area contributed by atoms with Gasteiger partial charge in [0, 0.05) is 18.8 Å². The number of nitrogens with one attached hydrogen (secondary N) is 1. The summed E-state index contributed by atoms with van der Waals surface area (Å²) >= 11 is 0. The monoisotopic (exact) mass is 300 g/mol. The predicted octanol–water partition coefficient (Wildman–Crippen LogP) is 4.60. The Hall–Kier alpha value is -1.80. The van der Waals surface area contributed by atoms with E-state index in [2.05, 4.69) is 73.6 Å². The number of allylic oxidation sites excluding steroid dienone is 3. The van der Waals surface area contributed by atoms with Crippen molar-refractivity contribution >= 4 is 5.69 Å². The van der Waals surface area contributed by atoms with Gasteiger partial charge in [0.05, 0.1) is 0 Å². The third-order valence-electron chi connectivity index (χ3n) is 3.30. The average Bonchev–Trinajstić information content (AvgIpc) is 2.58. The third kappa shape index (κ3) is 8.48. The molecule has 1 rings (SSSR count). The van der Waals surface area contributed by atoms with Crippen LogP contribution in [0.25, 0.3) is 0 Å². The van der Waals surface area contributed by atoms with Gasteiger partial charge in [-0.2, -0.15) is 0 Å². The van der Waals surface area contributed by atoms with Gasteiger partial charge in [0.1, 0.15) is 0 Å². The van der Waals surface area contributed by atoms with Crippen LogP contribution in [0.2, 0.25) is 0 Å². The number of aryl methyl sites for hydroxylation is 1. The molecule has 0 spiro atoms. The number of anilines is 1. The molecular weight excluding hydrogens is 268 g/mol. The number of rotatable bonds is 9. The Labute approximate surface area is 137 Å². The zero-order valence-corrected chi connectivity index (χ0v) is 14.5. The molecule has 0 aliphatic rings. The Balaban J connectivity index is 0.000000980. The summed E-state index contributed by atoms with van der Waals surface area (Å²) in [5, 5.41) is 3.21. The standard InChI is InChI=1S/C16H26N2.C4H6/c1-4-6-13-18(14-9-12-17-3)16-11-8-7-10-15(16)5-2;1-3-4-2/h4,6-8,10-11,17H,5,9,12-14H2,1-3H3;3-4H,1-2H2/b6-4-;. The molecule has 0 amide bonds. The van der Waals surface area contributed by atoms with Crippen molar-refractivity contribution in [2.75, 3.05) is 31.6 Å². The van der Waals surface area contributed by atoms with Gasteiger partial charge in [-0.25, -0.2) is 0 Å². The molecule has 0 heterocycles. The summed E-state index contributed by atoms with van der Waals surface area (Å²) in [4.78, 5) is 2.47. The number of para-hydroxylation sites is 1. The molecule has 1 aromatic rings. The van der Waals surface area contributed by atoms with Crippen molar-refractivity contribution in [3.63, 3.8) is 0 Å². The van der Waals surface area contributed by atoms with E-state index in [-0.39, 0.29) is 0 Å². The van der Waals surface area contributed by atoms with Gasteiger partial charge in [-0.05, 0) is 45.0 Å².